The molecule has 0 aliphatic carbocycles. The summed E-state index contributed by atoms with van der Waals surface area (Å²) in [6.07, 6.45) is 2.84. The molecular formula is C22H44N2O2. The number of rotatable bonds is 5. The van der Waals surface area contributed by atoms with Crippen molar-refractivity contribution in [1.29, 1.82) is 0 Å². The van der Waals surface area contributed by atoms with Gasteiger partial charge in [0.2, 0.25) is 0 Å². The molecule has 2 aliphatic heterocycles. The number of ether oxygens (including phenoxy) is 2. The van der Waals surface area contributed by atoms with Gasteiger partial charge in [-0.05, 0) is 82.1 Å². The van der Waals surface area contributed by atoms with E-state index in [1.807, 2.05) is 0 Å². The Morgan fingerprint density at radius 3 is 1.96 bits per heavy atom. The van der Waals surface area contributed by atoms with Crippen molar-refractivity contribution < 1.29 is 9.47 Å². The molecule has 0 N–H and O–H groups in total. The molecule has 2 rings (SSSR count). The van der Waals surface area contributed by atoms with Crippen LogP contribution in [0.5, 0.6) is 0 Å². The molecule has 2 saturated heterocycles. The lowest BCUT2D eigenvalue weighted by molar-refractivity contribution is -0.199. The predicted octanol–water partition coefficient (Wildman–Crippen LogP) is 4.32. The summed E-state index contributed by atoms with van der Waals surface area (Å²) in [6.45, 7) is 24.8. The van der Waals surface area contributed by atoms with Gasteiger partial charge in [0.15, 0.2) is 0 Å². The van der Waals surface area contributed by atoms with Crippen LogP contribution in [0.4, 0.5) is 0 Å². The lowest BCUT2D eigenvalue weighted by Gasteiger charge is -2.52. The molecule has 2 heterocycles. The number of morpholine rings is 2. The Hall–Kier alpha value is -0.160. The largest absolute Gasteiger partial charge is 0.372 e. The zero-order valence-electron chi connectivity index (χ0n) is 19.0. The predicted molar refractivity (Wildman–Crippen MR) is 110 cm³/mol. The van der Waals surface area contributed by atoms with E-state index in [2.05, 4.69) is 79.0 Å². The Balaban J connectivity index is 2.03. The first-order valence-corrected chi connectivity index (χ1v) is 10.7. The molecule has 0 aromatic carbocycles. The molecule has 0 amide bonds. The van der Waals surface area contributed by atoms with Crippen molar-refractivity contribution in [2.24, 2.45) is 0 Å². The van der Waals surface area contributed by atoms with Crippen LogP contribution in [-0.2, 0) is 9.47 Å². The van der Waals surface area contributed by atoms with E-state index in [1.165, 1.54) is 0 Å². The van der Waals surface area contributed by atoms with E-state index in [1.54, 1.807) is 0 Å². The molecule has 0 bridgehead atoms. The molecule has 4 nitrogen and oxygen atoms in total. The molecule has 6 unspecified atom stereocenters. The van der Waals surface area contributed by atoms with Gasteiger partial charge in [-0.2, -0.15) is 0 Å². The maximum atomic E-state index is 6.59. The summed E-state index contributed by atoms with van der Waals surface area (Å²) in [7, 11) is 0. The Kier molecular flexibility index (Phi) is 6.86. The second kappa shape index (κ2) is 8.06. The summed E-state index contributed by atoms with van der Waals surface area (Å²) >= 11 is 0. The van der Waals surface area contributed by atoms with Gasteiger partial charge in [0.25, 0.3) is 0 Å². The SMILES string of the molecule is CC1OC(C)C(C)N(C(C)CCC2(C)CN(C(C)C)CC(C)(C)O2)C1C. The monoisotopic (exact) mass is 368 g/mol. The zero-order valence-corrected chi connectivity index (χ0v) is 19.0. The van der Waals surface area contributed by atoms with Gasteiger partial charge in [-0.3, -0.25) is 9.80 Å². The molecule has 154 valence electrons. The average molecular weight is 369 g/mol. The van der Waals surface area contributed by atoms with E-state index in [-0.39, 0.29) is 11.2 Å². The van der Waals surface area contributed by atoms with Crippen LogP contribution in [-0.4, -0.2) is 70.5 Å². The third kappa shape index (κ3) is 5.01. The van der Waals surface area contributed by atoms with Gasteiger partial charge in [-0.25, -0.2) is 0 Å². The van der Waals surface area contributed by atoms with Gasteiger partial charge in [0.05, 0.1) is 23.4 Å². The second-order valence-corrected chi connectivity index (χ2v) is 10.2. The first-order valence-electron chi connectivity index (χ1n) is 10.7. The second-order valence-electron chi connectivity index (χ2n) is 10.2. The highest BCUT2D eigenvalue weighted by molar-refractivity contribution is 4.95. The van der Waals surface area contributed by atoms with Crippen molar-refractivity contribution in [3.63, 3.8) is 0 Å². The smallest absolute Gasteiger partial charge is 0.0789 e. The van der Waals surface area contributed by atoms with Crippen LogP contribution < -0.4 is 0 Å². The summed E-state index contributed by atoms with van der Waals surface area (Å²) in [6, 6.07) is 2.02. The normalized spacial score (nSPS) is 40.7. The van der Waals surface area contributed by atoms with Crippen LogP contribution in [0.1, 0.15) is 82.1 Å². The summed E-state index contributed by atoms with van der Waals surface area (Å²) < 4.78 is 12.7. The average Bonchev–Trinajstić information content (AvgIpc) is 2.49. The molecular weight excluding hydrogens is 324 g/mol. The fourth-order valence-electron chi connectivity index (χ4n) is 5.09. The molecule has 0 saturated carbocycles. The summed E-state index contributed by atoms with van der Waals surface area (Å²) in [5.74, 6) is 0. The van der Waals surface area contributed by atoms with Crippen LogP contribution in [0.2, 0.25) is 0 Å². The Morgan fingerprint density at radius 1 is 0.923 bits per heavy atom. The quantitative estimate of drug-likeness (QED) is 0.721. The van der Waals surface area contributed by atoms with Gasteiger partial charge >= 0.3 is 0 Å². The van der Waals surface area contributed by atoms with Crippen LogP contribution >= 0.6 is 0 Å². The van der Waals surface area contributed by atoms with Crippen LogP contribution in [0.15, 0.2) is 0 Å². The van der Waals surface area contributed by atoms with E-state index < -0.39 is 0 Å². The minimum Gasteiger partial charge on any atom is -0.372 e. The number of hydrogen-bond acceptors (Lipinski definition) is 4. The Morgan fingerprint density at radius 2 is 1.46 bits per heavy atom. The van der Waals surface area contributed by atoms with E-state index in [4.69, 9.17) is 9.47 Å². The topological polar surface area (TPSA) is 24.9 Å². The van der Waals surface area contributed by atoms with Crippen LogP contribution in [0.25, 0.3) is 0 Å². The van der Waals surface area contributed by atoms with Gasteiger partial charge in [-0.1, -0.05) is 0 Å². The van der Waals surface area contributed by atoms with Gasteiger partial charge in [0.1, 0.15) is 0 Å². The number of nitrogens with zero attached hydrogens (tertiary/aromatic N) is 2. The zero-order chi connectivity index (χ0) is 19.9. The first-order chi connectivity index (χ1) is 11.9. The molecule has 2 aliphatic rings. The van der Waals surface area contributed by atoms with Crippen molar-refractivity contribution in [3.05, 3.63) is 0 Å². The summed E-state index contributed by atoms with van der Waals surface area (Å²) in [5, 5.41) is 0. The van der Waals surface area contributed by atoms with Gasteiger partial charge in [0, 0.05) is 37.3 Å². The highest BCUT2D eigenvalue weighted by Crippen LogP contribution is 2.35. The minimum absolute atomic E-state index is 0.0731. The molecule has 0 aromatic rings. The molecule has 0 aromatic heterocycles. The van der Waals surface area contributed by atoms with Gasteiger partial charge in [-0.15, -0.1) is 0 Å². The molecule has 0 radical (unpaired) electrons. The molecule has 26 heavy (non-hydrogen) atoms. The van der Waals surface area contributed by atoms with Crippen LogP contribution in [0.3, 0.4) is 0 Å². The van der Waals surface area contributed by atoms with E-state index >= 15 is 0 Å². The van der Waals surface area contributed by atoms with E-state index in [0.717, 1.165) is 25.9 Å². The maximum Gasteiger partial charge on any atom is 0.0789 e. The summed E-state index contributed by atoms with van der Waals surface area (Å²) in [4.78, 5) is 5.26. The van der Waals surface area contributed by atoms with Crippen molar-refractivity contribution in [2.45, 2.75) is 130 Å². The molecule has 0 spiro atoms. The fraction of sp³-hybridized carbons (Fsp3) is 1.00. The van der Waals surface area contributed by atoms with Crippen molar-refractivity contribution in [2.75, 3.05) is 13.1 Å². The standard InChI is InChI=1S/C22H44N2O2/c1-15(2)23-13-21(8,9)26-22(10,14-23)12-11-16(3)24-17(4)19(6)25-20(7)18(24)5/h15-20H,11-14H2,1-10H3. The Labute approximate surface area is 162 Å². The van der Waals surface area contributed by atoms with Crippen LogP contribution in [0, 0.1) is 0 Å². The molecule has 4 heteroatoms. The van der Waals surface area contributed by atoms with Crippen molar-refractivity contribution in [1.82, 2.24) is 9.80 Å². The van der Waals surface area contributed by atoms with Crippen molar-refractivity contribution >= 4 is 0 Å². The fourth-order valence-corrected chi connectivity index (χ4v) is 5.09. The van der Waals surface area contributed by atoms with Crippen molar-refractivity contribution in [3.8, 4) is 0 Å². The highest BCUT2D eigenvalue weighted by Gasteiger charge is 2.43. The molecule has 6 atom stereocenters. The van der Waals surface area contributed by atoms with E-state index in [0.29, 0.717) is 36.4 Å². The first kappa shape index (κ1) is 22.1. The maximum absolute atomic E-state index is 6.59. The lowest BCUT2D eigenvalue weighted by atomic mass is 9.89. The minimum atomic E-state index is -0.0803. The molecule has 2 fully saturated rings. The summed E-state index contributed by atoms with van der Waals surface area (Å²) in [5.41, 5.74) is -0.153. The third-order valence-electron chi connectivity index (χ3n) is 6.70. The number of hydrogen-bond donors (Lipinski definition) is 0. The third-order valence-corrected chi connectivity index (χ3v) is 6.70. The highest BCUT2D eigenvalue weighted by atomic mass is 16.5. The Bertz CT molecular complexity index is 453. The lowest BCUT2D eigenvalue weighted by Crippen LogP contribution is -2.61. The van der Waals surface area contributed by atoms with Gasteiger partial charge < -0.3 is 9.47 Å². The van der Waals surface area contributed by atoms with E-state index in [9.17, 15) is 0 Å².